The highest BCUT2D eigenvalue weighted by Crippen LogP contribution is 2.10. The Morgan fingerprint density at radius 1 is 1.08 bits per heavy atom. The van der Waals surface area contributed by atoms with Crippen molar-refractivity contribution in [2.45, 2.75) is 6.92 Å². The number of carbonyl (C=O) groups is 2. The van der Waals surface area contributed by atoms with Crippen LogP contribution in [0.1, 0.15) is 21.5 Å². The lowest BCUT2D eigenvalue weighted by Crippen LogP contribution is -2.24. The summed E-state index contributed by atoms with van der Waals surface area (Å²) < 4.78 is 9.96. The molecule has 0 unspecified atom stereocenters. The van der Waals surface area contributed by atoms with Gasteiger partial charge in [-0.1, -0.05) is 29.8 Å². The number of carbonyl (C=O) groups excluding carboxylic acids is 2. The predicted octanol–water partition coefficient (Wildman–Crippen LogP) is 2.31. The van der Waals surface area contributed by atoms with Gasteiger partial charge >= 0.3 is 5.97 Å². The van der Waals surface area contributed by atoms with Gasteiger partial charge in [0.1, 0.15) is 5.75 Å². The van der Waals surface area contributed by atoms with Crippen LogP contribution in [0.5, 0.6) is 5.75 Å². The van der Waals surface area contributed by atoms with E-state index in [-0.39, 0.29) is 12.5 Å². The summed E-state index contributed by atoms with van der Waals surface area (Å²) in [6.45, 7) is 1.85. The number of methoxy groups -OCH3 is 1. The van der Waals surface area contributed by atoms with Gasteiger partial charge in [-0.3, -0.25) is 4.79 Å². The Morgan fingerprint density at radius 2 is 1.75 bits per heavy atom. The summed E-state index contributed by atoms with van der Waals surface area (Å²) in [4.78, 5) is 23.0. The summed E-state index contributed by atoms with van der Waals surface area (Å²) in [6.07, 6.45) is 1.48. The van der Waals surface area contributed by atoms with Crippen LogP contribution in [-0.2, 0) is 9.53 Å². The zero-order valence-electron chi connectivity index (χ0n) is 13.5. The summed E-state index contributed by atoms with van der Waals surface area (Å²) >= 11 is 0. The molecule has 2 rings (SSSR count). The number of nitrogens with zero attached hydrogens (tertiary/aromatic N) is 1. The molecule has 0 heterocycles. The van der Waals surface area contributed by atoms with Crippen LogP contribution in [0.2, 0.25) is 0 Å². The summed E-state index contributed by atoms with van der Waals surface area (Å²) in [5.74, 6) is -0.142. The maximum atomic E-state index is 11.6. The van der Waals surface area contributed by atoms with E-state index in [1.54, 1.807) is 36.4 Å². The highest BCUT2D eigenvalue weighted by molar-refractivity contribution is 5.90. The third-order valence-corrected chi connectivity index (χ3v) is 3.13. The van der Waals surface area contributed by atoms with Gasteiger partial charge in [0.05, 0.1) is 18.9 Å². The minimum atomic E-state index is -0.403. The predicted molar refractivity (Wildman–Crippen MR) is 90.2 cm³/mol. The Morgan fingerprint density at radius 3 is 2.38 bits per heavy atom. The van der Waals surface area contributed by atoms with E-state index >= 15 is 0 Å². The number of esters is 1. The Hall–Kier alpha value is -3.15. The van der Waals surface area contributed by atoms with E-state index < -0.39 is 5.97 Å². The van der Waals surface area contributed by atoms with Gasteiger partial charge in [-0.25, -0.2) is 10.2 Å². The second-order valence-electron chi connectivity index (χ2n) is 5.01. The summed E-state index contributed by atoms with van der Waals surface area (Å²) in [5.41, 5.74) is 4.68. The Balaban J connectivity index is 1.79. The molecule has 6 nitrogen and oxygen atoms in total. The maximum absolute atomic E-state index is 11.6. The SMILES string of the molecule is COC(=O)c1ccc(/C=N/NC(=O)COc2ccc(C)cc2)cc1. The van der Waals surface area contributed by atoms with Gasteiger partial charge in [0, 0.05) is 0 Å². The normalized spacial score (nSPS) is 10.4. The minimum Gasteiger partial charge on any atom is -0.484 e. The average molecular weight is 326 g/mol. The lowest BCUT2D eigenvalue weighted by Gasteiger charge is -2.05. The second-order valence-corrected chi connectivity index (χ2v) is 5.01. The van der Waals surface area contributed by atoms with Crippen molar-refractivity contribution < 1.29 is 19.1 Å². The third kappa shape index (κ3) is 5.24. The summed E-state index contributed by atoms with van der Waals surface area (Å²) in [6, 6.07) is 14.1. The molecule has 2 aromatic carbocycles. The molecule has 0 atom stereocenters. The van der Waals surface area contributed by atoms with Crippen molar-refractivity contribution in [1.29, 1.82) is 0 Å². The number of hydrazone groups is 1. The lowest BCUT2D eigenvalue weighted by atomic mass is 10.1. The molecule has 1 N–H and O–H groups in total. The van der Waals surface area contributed by atoms with Crippen LogP contribution in [0, 0.1) is 6.92 Å². The first-order valence-electron chi connectivity index (χ1n) is 7.28. The number of ether oxygens (including phenoxy) is 2. The summed E-state index contributed by atoms with van der Waals surface area (Å²) in [5, 5.41) is 3.84. The molecule has 24 heavy (non-hydrogen) atoms. The molecule has 0 aliphatic carbocycles. The van der Waals surface area contributed by atoms with E-state index in [2.05, 4.69) is 15.3 Å². The third-order valence-electron chi connectivity index (χ3n) is 3.13. The van der Waals surface area contributed by atoms with Crippen LogP contribution in [0.15, 0.2) is 53.6 Å². The molecule has 0 spiro atoms. The number of nitrogens with one attached hydrogen (secondary N) is 1. The van der Waals surface area contributed by atoms with E-state index in [0.29, 0.717) is 11.3 Å². The van der Waals surface area contributed by atoms with Crippen molar-refractivity contribution in [2.75, 3.05) is 13.7 Å². The largest absolute Gasteiger partial charge is 0.484 e. The molecule has 2 aromatic rings. The molecule has 0 bridgehead atoms. The average Bonchev–Trinajstić information content (AvgIpc) is 2.61. The lowest BCUT2D eigenvalue weighted by molar-refractivity contribution is -0.123. The van der Waals surface area contributed by atoms with Crippen molar-refractivity contribution in [3.63, 3.8) is 0 Å². The molecule has 0 radical (unpaired) electrons. The molecule has 0 fully saturated rings. The van der Waals surface area contributed by atoms with Crippen molar-refractivity contribution in [1.82, 2.24) is 5.43 Å². The molecule has 0 aliphatic rings. The molecule has 0 saturated heterocycles. The molecule has 6 heteroatoms. The molecule has 0 aromatic heterocycles. The van der Waals surface area contributed by atoms with Gasteiger partial charge in [-0.05, 0) is 36.8 Å². The standard InChI is InChI=1S/C18H18N2O4/c1-13-3-9-16(10-4-13)24-12-17(21)20-19-11-14-5-7-15(8-6-14)18(22)23-2/h3-11H,12H2,1-2H3,(H,20,21)/b19-11+. The number of aryl methyl sites for hydroxylation is 1. The van der Waals surface area contributed by atoms with Crippen molar-refractivity contribution >= 4 is 18.1 Å². The molecule has 0 aliphatic heterocycles. The Bertz CT molecular complexity index is 722. The van der Waals surface area contributed by atoms with Gasteiger partial charge in [-0.2, -0.15) is 5.10 Å². The van der Waals surface area contributed by atoms with Crippen LogP contribution >= 0.6 is 0 Å². The smallest absolute Gasteiger partial charge is 0.337 e. The number of hydrogen-bond donors (Lipinski definition) is 1. The fourth-order valence-electron chi connectivity index (χ4n) is 1.82. The number of hydrogen-bond acceptors (Lipinski definition) is 5. The van der Waals surface area contributed by atoms with Crippen LogP contribution in [0.25, 0.3) is 0 Å². The Kier molecular flexibility index (Phi) is 6.08. The van der Waals surface area contributed by atoms with Crippen LogP contribution in [0.3, 0.4) is 0 Å². The van der Waals surface area contributed by atoms with Gasteiger partial charge < -0.3 is 9.47 Å². The molecular formula is C18H18N2O4. The Labute approximate surface area is 140 Å². The zero-order chi connectivity index (χ0) is 17.4. The highest BCUT2D eigenvalue weighted by Gasteiger charge is 2.04. The first-order chi connectivity index (χ1) is 11.6. The maximum Gasteiger partial charge on any atom is 0.337 e. The van der Waals surface area contributed by atoms with E-state index in [9.17, 15) is 9.59 Å². The van der Waals surface area contributed by atoms with E-state index in [1.165, 1.54) is 13.3 Å². The molecule has 1 amide bonds. The van der Waals surface area contributed by atoms with Crippen LogP contribution in [0.4, 0.5) is 0 Å². The van der Waals surface area contributed by atoms with Crippen molar-refractivity contribution in [3.8, 4) is 5.75 Å². The fraction of sp³-hybridized carbons (Fsp3) is 0.167. The van der Waals surface area contributed by atoms with E-state index in [4.69, 9.17) is 4.74 Å². The number of amides is 1. The number of benzene rings is 2. The van der Waals surface area contributed by atoms with Crippen LogP contribution in [-0.4, -0.2) is 31.8 Å². The van der Waals surface area contributed by atoms with Gasteiger partial charge in [0.25, 0.3) is 5.91 Å². The van der Waals surface area contributed by atoms with Gasteiger partial charge in [0.15, 0.2) is 6.61 Å². The van der Waals surface area contributed by atoms with E-state index in [0.717, 1.165) is 11.1 Å². The van der Waals surface area contributed by atoms with Gasteiger partial charge in [0.2, 0.25) is 0 Å². The topological polar surface area (TPSA) is 77.0 Å². The summed E-state index contributed by atoms with van der Waals surface area (Å²) in [7, 11) is 1.33. The highest BCUT2D eigenvalue weighted by atomic mass is 16.5. The fourth-order valence-corrected chi connectivity index (χ4v) is 1.82. The zero-order valence-corrected chi connectivity index (χ0v) is 13.5. The molecular weight excluding hydrogens is 308 g/mol. The van der Waals surface area contributed by atoms with Crippen LogP contribution < -0.4 is 10.2 Å². The quantitative estimate of drug-likeness (QED) is 0.502. The van der Waals surface area contributed by atoms with E-state index in [1.807, 2.05) is 19.1 Å². The first kappa shape index (κ1) is 17.2. The molecule has 0 saturated carbocycles. The minimum absolute atomic E-state index is 0.123. The first-order valence-corrected chi connectivity index (χ1v) is 7.28. The van der Waals surface area contributed by atoms with Crippen molar-refractivity contribution in [3.05, 3.63) is 65.2 Å². The number of rotatable bonds is 6. The van der Waals surface area contributed by atoms with Gasteiger partial charge in [-0.15, -0.1) is 0 Å². The second kappa shape index (κ2) is 8.47. The van der Waals surface area contributed by atoms with Crippen molar-refractivity contribution in [2.24, 2.45) is 5.10 Å². The monoisotopic (exact) mass is 326 g/mol. The molecule has 124 valence electrons.